The maximum atomic E-state index is 6.29. The predicted octanol–water partition coefficient (Wildman–Crippen LogP) is 10.6. The number of fused-ring (bicyclic) bond motifs is 7. The highest BCUT2D eigenvalue weighted by Gasteiger charge is 2.20. The summed E-state index contributed by atoms with van der Waals surface area (Å²) in [5.41, 5.74) is 8.31. The van der Waals surface area contributed by atoms with Crippen LogP contribution in [0.25, 0.3) is 65.9 Å². The Balaban J connectivity index is 1.34. The zero-order valence-electron chi connectivity index (χ0n) is 22.9. The maximum Gasteiger partial charge on any atom is 0.227 e. The molecular weight excluding hydrogens is 530 g/mol. The highest BCUT2D eigenvalue weighted by Crippen LogP contribution is 2.44. The van der Waals surface area contributed by atoms with Gasteiger partial charge in [0, 0.05) is 62.8 Å². The number of hydrogen-bond acceptors (Lipinski definition) is 5. The molecule has 0 spiro atoms. The van der Waals surface area contributed by atoms with E-state index in [0.29, 0.717) is 5.71 Å². The second-order valence-electron chi connectivity index (χ2n) is 10.7. The number of benzene rings is 5. The molecule has 0 saturated heterocycles. The summed E-state index contributed by atoms with van der Waals surface area (Å²) in [7, 11) is 0. The van der Waals surface area contributed by atoms with Crippen molar-refractivity contribution in [2.75, 3.05) is 4.90 Å². The van der Waals surface area contributed by atoms with Crippen LogP contribution in [-0.2, 0) is 0 Å². The summed E-state index contributed by atoms with van der Waals surface area (Å²) >= 11 is 0. The highest BCUT2D eigenvalue weighted by molar-refractivity contribution is 6.09. The van der Waals surface area contributed by atoms with Crippen LogP contribution in [0.5, 0.6) is 0 Å². The van der Waals surface area contributed by atoms with Crippen molar-refractivity contribution in [3.05, 3.63) is 140 Å². The van der Waals surface area contributed by atoms with E-state index in [1.165, 1.54) is 0 Å². The molecule has 5 nitrogen and oxygen atoms in total. The molecule has 4 aromatic heterocycles. The van der Waals surface area contributed by atoms with E-state index in [1.807, 2.05) is 24.3 Å². The number of anilines is 3. The van der Waals surface area contributed by atoms with Crippen molar-refractivity contribution in [3.8, 4) is 11.1 Å². The highest BCUT2D eigenvalue weighted by atomic mass is 16.3. The van der Waals surface area contributed by atoms with E-state index in [2.05, 4.69) is 112 Å². The van der Waals surface area contributed by atoms with E-state index in [-0.39, 0.29) is 0 Å². The van der Waals surface area contributed by atoms with Gasteiger partial charge in [-0.05, 0) is 71.1 Å². The quantitative estimate of drug-likeness (QED) is 0.217. The van der Waals surface area contributed by atoms with Gasteiger partial charge >= 0.3 is 0 Å². The Labute approximate surface area is 246 Å². The fraction of sp³-hybridized carbons (Fsp3) is 0. The van der Waals surface area contributed by atoms with Gasteiger partial charge in [0.15, 0.2) is 5.58 Å². The van der Waals surface area contributed by atoms with Crippen molar-refractivity contribution in [1.29, 1.82) is 0 Å². The first-order valence-corrected chi connectivity index (χ1v) is 14.2. The maximum absolute atomic E-state index is 6.29. The first kappa shape index (κ1) is 23.7. The third-order valence-electron chi connectivity index (χ3n) is 8.20. The molecule has 43 heavy (non-hydrogen) atoms. The normalized spacial score (nSPS) is 11.7. The lowest BCUT2D eigenvalue weighted by atomic mass is 9.98. The summed E-state index contributed by atoms with van der Waals surface area (Å²) in [5, 5.41) is 6.45. The van der Waals surface area contributed by atoms with E-state index >= 15 is 0 Å². The Hall–Kier alpha value is -5.94. The second-order valence-corrected chi connectivity index (χ2v) is 10.7. The average Bonchev–Trinajstić information content (AvgIpc) is 3.63. The summed E-state index contributed by atoms with van der Waals surface area (Å²) in [6.07, 6.45) is 5.33. The Bertz CT molecular complexity index is 2360. The first-order valence-electron chi connectivity index (χ1n) is 14.2. The summed E-state index contributed by atoms with van der Waals surface area (Å²) in [5.74, 6) is 0. The molecule has 0 radical (unpaired) electrons. The van der Waals surface area contributed by atoms with E-state index in [0.717, 1.165) is 77.3 Å². The third kappa shape index (κ3) is 3.79. The van der Waals surface area contributed by atoms with Crippen molar-refractivity contribution in [2.45, 2.75) is 0 Å². The van der Waals surface area contributed by atoms with Crippen LogP contribution in [0.3, 0.4) is 0 Å². The van der Waals surface area contributed by atoms with Crippen molar-refractivity contribution in [3.63, 3.8) is 0 Å². The van der Waals surface area contributed by atoms with Gasteiger partial charge in [-0.2, -0.15) is 0 Å². The summed E-state index contributed by atoms with van der Waals surface area (Å²) in [6, 6.07) is 42.4. The molecule has 0 bridgehead atoms. The Morgan fingerprint density at radius 2 is 1.21 bits per heavy atom. The summed E-state index contributed by atoms with van der Waals surface area (Å²) in [4.78, 5) is 11.0. The SMILES string of the molecule is c1ccc(-c2cc(N(c3ccc4c(c3)oc3cnccc34)c3ccc4c(c3)oc3ncccc34)c3ccccc3c2)cc1. The number of hydrogen-bond donors (Lipinski definition) is 0. The van der Waals surface area contributed by atoms with Crippen LogP contribution in [0, 0.1) is 0 Å². The summed E-state index contributed by atoms with van der Waals surface area (Å²) in [6.45, 7) is 0. The molecule has 0 atom stereocenters. The van der Waals surface area contributed by atoms with Crippen LogP contribution < -0.4 is 4.90 Å². The Morgan fingerprint density at radius 1 is 0.488 bits per heavy atom. The number of aromatic nitrogens is 2. The zero-order valence-corrected chi connectivity index (χ0v) is 22.9. The van der Waals surface area contributed by atoms with Crippen LogP contribution in [-0.4, -0.2) is 9.97 Å². The fourth-order valence-corrected chi connectivity index (χ4v) is 6.20. The predicted molar refractivity (Wildman–Crippen MR) is 174 cm³/mol. The monoisotopic (exact) mass is 553 g/mol. The van der Waals surface area contributed by atoms with E-state index in [1.54, 1.807) is 18.6 Å². The fourth-order valence-electron chi connectivity index (χ4n) is 6.20. The molecule has 0 unspecified atom stereocenters. The lowest BCUT2D eigenvalue weighted by molar-refractivity contribution is 0.654. The van der Waals surface area contributed by atoms with Crippen molar-refractivity contribution < 1.29 is 8.83 Å². The minimum Gasteiger partial charge on any atom is -0.454 e. The number of pyridine rings is 2. The van der Waals surface area contributed by atoms with Gasteiger partial charge in [-0.15, -0.1) is 0 Å². The molecule has 0 N–H and O–H groups in total. The molecule has 5 heteroatoms. The molecule has 0 fully saturated rings. The van der Waals surface area contributed by atoms with E-state index in [9.17, 15) is 0 Å². The largest absolute Gasteiger partial charge is 0.454 e. The molecule has 0 aliphatic heterocycles. The Kier molecular flexibility index (Phi) is 5.13. The van der Waals surface area contributed by atoms with E-state index in [4.69, 9.17) is 8.83 Å². The molecule has 9 aromatic rings. The molecule has 0 aliphatic rings. The van der Waals surface area contributed by atoms with Gasteiger partial charge in [0.2, 0.25) is 5.71 Å². The molecule has 5 aromatic carbocycles. The third-order valence-corrected chi connectivity index (χ3v) is 8.20. The number of nitrogens with zero attached hydrogens (tertiary/aromatic N) is 3. The summed E-state index contributed by atoms with van der Waals surface area (Å²) < 4.78 is 12.5. The second kappa shape index (κ2) is 9.29. The van der Waals surface area contributed by atoms with Gasteiger partial charge < -0.3 is 13.7 Å². The van der Waals surface area contributed by atoms with Gasteiger partial charge in [-0.3, -0.25) is 4.98 Å². The van der Waals surface area contributed by atoms with Gasteiger partial charge in [0.25, 0.3) is 0 Å². The van der Waals surface area contributed by atoms with Crippen LogP contribution in [0.1, 0.15) is 0 Å². The van der Waals surface area contributed by atoms with Gasteiger partial charge in [-0.1, -0.05) is 54.6 Å². The molecule has 202 valence electrons. The van der Waals surface area contributed by atoms with Crippen LogP contribution in [0.2, 0.25) is 0 Å². The first-order chi connectivity index (χ1) is 21.3. The van der Waals surface area contributed by atoms with Gasteiger partial charge in [-0.25, -0.2) is 4.98 Å². The van der Waals surface area contributed by atoms with Gasteiger partial charge in [0.05, 0.1) is 11.9 Å². The molecular formula is C38H23N3O2. The molecule has 9 rings (SSSR count). The number of rotatable bonds is 4. The molecule has 0 aliphatic carbocycles. The van der Waals surface area contributed by atoms with Crippen LogP contribution in [0.4, 0.5) is 17.1 Å². The molecule has 0 amide bonds. The molecule has 0 saturated carbocycles. The molecule has 4 heterocycles. The van der Waals surface area contributed by atoms with E-state index < -0.39 is 0 Å². The Morgan fingerprint density at radius 3 is 2.07 bits per heavy atom. The van der Waals surface area contributed by atoms with Crippen molar-refractivity contribution in [1.82, 2.24) is 9.97 Å². The van der Waals surface area contributed by atoms with Crippen molar-refractivity contribution in [2.24, 2.45) is 0 Å². The van der Waals surface area contributed by atoms with Crippen LogP contribution >= 0.6 is 0 Å². The minimum atomic E-state index is 0.634. The smallest absolute Gasteiger partial charge is 0.227 e. The topological polar surface area (TPSA) is 55.3 Å². The van der Waals surface area contributed by atoms with Gasteiger partial charge in [0.1, 0.15) is 11.2 Å². The lowest BCUT2D eigenvalue weighted by Gasteiger charge is -2.27. The zero-order chi connectivity index (χ0) is 28.3. The van der Waals surface area contributed by atoms with Crippen LogP contribution in [0.15, 0.2) is 149 Å². The minimum absolute atomic E-state index is 0.634. The lowest BCUT2D eigenvalue weighted by Crippen LogP contribution is -2.10. The standard InChI is InChI=1S/C38H23N3O2/c1-2-7-24(8-3-1)26-19-25-9-4-5-10-29(25)34(20-26)41(27-12-14-30-32-16-18-39-23-37(32)42-35(30)21-27)28-13-15-31-33-11-6-17-40-38(33)43-36(31)22-28/h1-23H. The number of furan rings is 2. The average molecular weight is 554 g/mol. The van der Waals surface area contributed by atoms with Crippen molar-refractivity contribution >= 4 is 71.8 Å².